The van der Waals surface area contributed by atoms with Crippen LogP contribution in [0.5, 0.6) is 0 Å². The van der Waals surface area contributed by atoms with E-state index in [-0.39, 0.29) is 23.8 Å². The number of hydrogen-bond acceptors (Lipinski definition) is 3. The van der Waals surface area contributed by atoms with Gasteiger partial charge in [-0.1, -0.05) is 18.2 Å². The maximum absolute atomic E-state index is 11.9. The molecule has 21 heavy (non-hydrogen) atoms. The van der Waals surface area contributed by atoms with Crippen LogP contribution in [0, 0.1) is 5.41 Å². The van der Waals surface area contributed by atoms with Crippen molar-refractivity contribution in [3.63, 3.8) is 0 Å². The van der Waals surface area contributed by atoms with E-state index < -0.39 is 0 Å². The SMILES string of the molecule is COCC(=O)N1CC2(Cc3ccccc3N(C(C)=O)C2)C1. The first kappa shape index (κ1) is 14.1. The number of benzene rings is 1. The number of ether oxygens (including phenoxy) is 1. The highest BCUT2D eigenvalue weighted by Crippen LogP contribution is 2.42. The summed E-state index contributed by atoms with van der Waals surface area (Å²) >= 11 is 0. The van der Waals surface area contributed by atoms with E-state index in [1.165, 1.54) is 12.7 Å². The van der Waals surface area contributed by atoms with E-state index in [0.717, 1.165) is 12.1 Å². The molecule has 0 atom stereocenters. The number of rotatable bonds is 2. The van der Waals surface area contributed by atoms with Crippen molar-refractivity contribution in [2.24, 2.45) is 5.41 Å². The van der Waals surface area contributed by atoms with E-state index in [0.29, 0.717) is 19.6 Å². The Morgan fingerprint density at radius 1 is 1.24 bits per heavy atom. The van der Waals surface area contributed by atoms with Gasteiger partial charge in [-0.15, -0.1) is 0 Å². The Balaban J connectivity index is 1.79. The van der Waals surface area contributed by atoms with Crippen LogP contribution in [-0.2, 0) is 20.7 Å². The Morgan fingerprint density at radius 3 is 2.62 bits per heavy atom. The monoisotopic (exact) mass is 288 g/mol. The average Bonchev–Trinajstić information content (AvgIpc) is 2.43. The molecule has 0 N–H and O–H groups in total. The lowest BCUT2D eigenvalue weighted by Crippen LogP contribution is -2.65. The topological polar surface area (TPSA) is 49.9 Å². The highest BCUT2D eigenvalue weighted by Gasteiger charge is 2.49. The van der Waals surface area contributed by atoms with Gasteiger partial charge in [0.05, 0.1) is 0 Å². The molecule has 0 bridgehead atoms. The van der Waals surface area contributed by atoms with Gasteiger partial charge in [0.2, 0.25) is 11.8 Å². The predicted octanol–water partition coefficient (Wildman–Crippen LogP) is 1.07. The first-order valence-electron chi connectivity index (χ1n) is 7.17. The Labute approximate surface area is 124 Å². The van der Waals surface area contributed by atoms with Crippen LogP contribution in [0.25, 0.3) is 0 Å². The number of nitrogens with zero attached hydrogens (tertiary/aromatic N) is 2. The number of amides is 2. The summed E-state index contributed by atoms with van der Waals surface area (Å²) in [7, 11) is 1.53. The summed E-state index contributed by atoms with van der Waals surface area (Å²) in [5, 5.41) is 0. The lowest BCUT2D eigenvalue weighted by Gasteiger charge is -2.54. The van der Waals surface area contributed by atoms with Crippen molar-refractivity contribution in [1.29, 1.82) is 0 Å². The molecule has 1 aromatic rings. The zero-order chi connectivity index (χ0) is 15.0. The van der Waals surface area contributed by atoms with E-state index >= 15 is 0 Å². The van der Waals surface area contributed by atoms with Crippen molar-refractivity contribution < 1.29 is 14.3 Å². The smallest absolute Gasteiger partial charge is 0.248 e. The minimum atomic E-state index is 0.00340. The largest absolute Gasteiger partial charge is 0.375 e. The van der Waals surface area contributed by atoms with Crippen molar-refractivity contribution in [2.75, 3.05) is 38.3 Å². The number of likely N-dealkylation sites (tertiary alicyclic amines) is 1. The fourth-order valence-corrected chi connectivity index (χ4v) is 3.45. The predicted molar refractivity (Wildman–Crippen MR) is 79.1 cm³/mol. The van der Waals surface area contributed by atoms with Gasteiger partial charge in [0.25, 0.3) is 0 Å². The van der Waals surface area contributed by atoms with Crippen LogP contribution in [-0.4, -0.2) is 50.1 Å². The molecule has 0 unspecified atom stereocenters. The van der Waals surface area contributed by atoms with Crippen molar-refractivity contribution in [2.45, 2.75) is 13.3 Å². The molecule has 0 aliphatic carbocycles. The van der Waals surface area contributed by atoms with E-state index in [1.807, 2.05) is 28.0 Å². The number of carbonyl (C=O) groups excluding carboxylic acids is 2. The van der Waals surface area contributed by atoms with E-state index in [4.69, 9.17) is 4.74 Å². The molecule has 3 rings (SSSR count). The molecule has 5 heteroatoms. The second kappa shape index (κ2) is 5.15. The molecule has 2 aliphatic heterocycles. The first-order chi connectivity index (χ1) is 10.0. The van der Waals surface area contributed by atoms with Crippen molar-refractivity contribution in [1.82, 2.24) is 4.90 Å². The molecule has 0 radical (unpaired) electrons. The van der Waals surface area contributed by atoms with Crippen LogP contribution in [0.3, 0.4) is 0 Å². The molecule has 112 valence electrons. The highest BCUT2D eigenvalue weighted by atomic mass is 16.5. The minimum Gasteiger partial charge on any atom is -0.375 e. The fraction of sp³-hybridized carbons (Fsp3) is 0.500. The normalized spacial score (nSPS) is 19.1. The second-order valence-electron chi connectivity index (χ2n) is 6.09. The van der Waals surface area contributed by atoms with Crippen LogP contribution in [0.1, 0.15) is 12.5 Å². The number of hydrogen-bond donors (Lipinski definition) is 0. The quantitative estimate of drug-likeness (QED) is 0.818. The zero-order valence-corrected chi connectivity index (χ0v) is 12.5. The Hall–Kier alpha value is -1.88. The third-order valence-corrected chi connectivity index (χ3v) is 4.39. The summed E-state index contributed by atoms with van der Waals surface area (Å²) in [6, 6.07) is 8.03. The maximum Gasteiger partial charge on any atom is 0.248 e. The Bertz CT molecular complexity index is 579. The molecular formula is C16H20N2O3. The lowest BCUT2D eigenvalue weighted by atomic mass is 9.71. The molecular weight excluding hydrogens is 268 g/mol. The van der Waals surface area contributed by atoms with Gasteiger partial charge < -0.3 is 14.5 Å². The summed E-state index contributed by atoms with van der Waals surface area (Å²) < 4.78 is 4.90. The van der Waals surface area contributed by atoms with Crippen molar-refractivity contribution in [3.05, 3.63) is 29.8 Å². The molecule has 5 nitrogen and oxygen atoms in total. The summed E-state index contributed by atoms with van der Waals surface area (Å²) in [4.78, 5) is 27.4. The molecule has 1 spiro atoms. The van der Waals surface area contributed by atoms with Gasteiger partial charge in [-0.05, 0) is 18.1 Å². The number of fused-ring (bicyclic) bond motifs is 1. The molecule has 1 fully saturated rings. The van der Waals surface area contributed by atoms with Crippen molar-refractivity contribution in [3.8, 4) is 0 Å². The second-order valence-corrected chi connectivity index (χ2v) is 6.09. The van der Waals surface area contributed by atoms with Gasteiger partial charge >= 0.3 is 0 Å². The number of carbonyl (C=O) groups is 2. The molecule has 2 heterocycles. The minimum absolute atomic E-state index is 0.00340. The van der Waals surface area contributed by atoms with Crippen LogP contribution in [0.2, 0.25) is 0 Å². The Kier molecular flexibility index (Phi) is 3.45. The number of anilines is 1. The van der Waals surface area contributed by atoms with Gasteiger partial charge in [-0.3, -0.25) is 9.59 Å². The van der Waals surface area contributed by atoms with Crippen LogP contribution >= 0.6 is 0 Å². The molecule has 0 aromatic heterocycles. The zero-order valence-electron chi connectivity index (χ0n) is 12.5. The van der Waals surface area contributed by atoms with Gasteiger partial charge in [0.15, 0.2) is 0 Å². The van der Waals surface area contributed by atoms with Gasteiger partial charge in [0, 0.05) is 44.8 Å². The maximum atomic E-state index is 11.9. The molecule has 2 aliphatic rings. The lowest BCUT2D eigenvalue weighted by molar-refractivity contribution is -0.147. The van der Waals surface area contributed by atoms with E-state index in [9.17, 15) is 9.59 Å². The molecule has 1 saturated heterocycles. The summed E-state index contributed by atoms with van der Waals surface area (Å²) in [6.07, 6.45) is 0.920. The number of para-hydroxylation sites is 1. The third kappa shape index (κ3) is 2.42. The van der Waals surface area contributed by atoms with Gasteiger partial charge in [-0.2, -0.15) is 0 Å². The fourth-order valence-electron chi connectivity index (χ4n) is 3.45. The first-order valence-corrected chi connectivity index (χ1v) is 7.17. The van der Waals surface area contributed by atoms with Crippen LogP contribution < -0.4 is 4.90 Å². The van der Waals surface area contributed by atoms with Crippen LogP contribution in [0.15, 0.2) is 24.3 Å². The molecule has 1 aromatic carbocycles. The highest BCUT2D eigenvalue weighted by molar-refractivity contribution is 5.93. The van der Waals surface area contributed by atoms with Crippen LogP contribution in [0.4, 0.5) is 5.69 Å². The van der Waals surface area contributed by atoms with Crippen molar-refractivity contribution >= 4 is 17.5 Å². The van der Waals surface area contributed by atoms with Gasteiger partial charge in [-0.25, -0.2) is 0 Å². The standard InChI is InChI=1S/C16H20N2O3/c1-12(19)18-11-16(7-13-5-3-4-6-14(13)18)9-17(10-16)15(20)8-21-2/h3-6H,7-11H2,1-2H3. The summed E-state index contributed by atoms with van der Waals surface area (Å²) in [5.74, 6) is 0.0829. The molecule has 0 saturated carbocycles. The average molecular weight is 288 g/mol. The summed E-state index contributed by atoms with van der Waals surface area (Å²) in [6.45, 7) is 3.82. The Morgan fingerprint density at radius 2 is 1.95 bits per heavy atom. The van der Waals surface area contributed by atoms with E-state index in [1.54, 1.807) is 6.92 Å². The van der Waals surface area contributed by atoms with E-state index in [2.05, 4.69) is 6.07 Å². The number of methoxy groups -OCH3 is 1. The third-order valence-electron chi connectivity index (χ3n) is 4.39. The molecule has 2 amide bonds. The summed E-state index contributed by atoms with van der Waals surface area (Å²) in [5.41, 5.74) is 2.21. The van der Waals surface area contributed by atoms with Gasteiger partial charge in [0.1, 0.15) is 6.61 Å².